The molecule has 5 nitrogen and oxygen atoms in total. The largest absolute Gasteiger partial charge is 0.481 e. The highest BCUT2D eigenvalue weighted by molar-refractivity contribution is 5.96. The summed E-state index contributed by atoms with van der Waals surface area (Å²) in [6.45, 7) is 0.720. The molecular weight excluding hydrogens is 246 g/mol. The average Bonchev–Trinajstić information content (AvgIpc) is 3.04. The number of benzene rings is 1. The van der Waals surface area contributed by atoms with E-state index in [1.54, 1.807) is 12.1 Å². The number of hydrogen-bond donors (Lipinski definition) is 1. The maximum atomic E-state index is 12.2. The molecule has 3 rings (SSSR count). The van der Waals surface area contributed by atoms with Crippen molar-refractivity contribution in [2.75, 3.05) is 13.1 Å². The van der Waals surface area contributed by atoms with Gasteiger partial charge in [-0.2, -0.15) is 0 Å². The summed E-state index contributed by atoms with van der Waals surface area (Å²) in [5, 5.41) is 9.81. The first-order valence-corrected chi connectivity index (χ1v) is 6.16. The Bertz CT molecular complexity index is 613. The first kappa shape index (κ1) is 11.8. The number of fused-ring (bicyclic) bond motifs is 1. The Kier molecular flexibility index (Phi) is 2.74. The molecule has 1 unspecified atom stereocenters. The molecule has 1 aromatic heterocycles. The number of hydrogen-bond acceptors (Lipinski definition) is 3. The second-order valence-electron chi connectivity index (χ2n) is 4.72. The van der Waals surface area contributed by atoms with Gasteiger partial charge in [-0.25, -0.2) is 0 Å². The summed E-state index contributed by atoms with van der Waals surface area (Å²) in [5.41, 5.74) is 0.667. The van der Waals surface area contributed by atoms with Crippen molar-refractivity contribution in [2.45, 2.75) is 6.42 Å². The van der Waals surface area contributed by atoms with Gasteiger partial charge in [-0.1, -0.05) is 18.2 Å². The van der Waals surface area contributed by atoms with Crippen LogP contribution in [0.4, 0.5) is 0 Å². The zero-order valence-electron chi connectivity index (χ0n) is 10.2. The Hall–Kier alpha value is -2.30. The minimum absolute atomic E-state index is 0.236. The van der Waals surface area contributed by atoms with Gasteiger partial charge in [0.1, 0.15) is 5.58 Å². The lowest BCUT2D eigenvalue weighted by Gasteiger charge is -2.13. The fourth-order valence-electron chi connectivity index (χ4n) is 2.39. The number of carboxylic acid groups (broad SMARTS) is 1. The molecule has 0 radical (unpaired) electrons. The van der Waals surface area contributed by atoms with E-state index in [-0.39, 0.29) is 18.2 Å². The Balaban J connectivity index is 1.82. The van der Waals surface area contributed by atoms with Crippen LogP contribution in [0.25, 0.3) is 11.0 Å². The zero-order valence-corrected chi connectivity index (χ0v) is 10.2. The second-order valence-corrected chi connectivity index (χ2v) is 4.72. The van der Waals surface area contributed by atoms with Crippen molar-refractivity contribution in [3.8, 4) is 0 Å². The fraction of sp³-hybridized carbons (Fsp3) is 0.286. The number of likely N-dealkylation sites (tertiary alicyclic amines) is 1. The highest BCUT2D eigenvalue weighted by Crippen LogP contribution is 2.23. The van der Waals surface area contributed by atoms with Gasteiger partial charge < -0.3 is 14.4 Å². The van der Waals surface area contributed by atoms with Crippen LogP contribution in [0.15, 0.2) is 34.7 Å². The SMILES string of the molecule is O=C(O)C1CCN(C(=O)c2cc3ccccc3o2)C1. The number of carbonyl (C=O) groups is 2. The van der Waals surface area contributed by atoms with E-state index >= 15 is 0 Å². The lowest BCUT2D eigenvalue weighted by Crippen LogP contribution is -2.29. The summed E-state index contributed by atoms with van der Waals surface area (Å²) in [5.74, 6) is -1.28. The highest BCUT2D eigenvalue weighted by atomic mass is 16.4. The quantitative estimate of drug-likeness (QED) is 0.895. The van der Waals surface area contributed by atoms with Crippen molar-refractivity contribution in [1.29, 1.82) is 0 Å². The molecule has 1 N–H and O–H groups in total. The first-order valence-electron chi connectivity index (χ1n) is 6.16. The van der Waals surface area contributed by atoms with Crippen LogP contribution in [0.5, 0.6) is 0 Å². The van der Waals surface area contributed by atoms with E-state index in [4.69, 9.17) is 9.52 Å². The van der Waals surface area contributed by atoms with E-state index in [0.717, 1.165) is 5.39 Å². The zero-order chi connectivity index (χ0) is 13.4. The van der Waals surface area contributed by atoms with Crippen molar-refractivity contribution in [3.05, 3.63) is 36.1 Å². The second kappa shape index (κ2) is 4.42. The van der Waals surface area contributed by atoms with Gasteiger partial charge in [0.05, 0.1) is 5.92 Å². The molecule has 1 aliphatic rings. The number of nitrogens with zero attached hydrogens (tertiary/aromatic N) is 1. The molecule has 1 saturated heterocycles. The summed E-state index contributed by atoms with van der Waals surface area (Å²) >= 11 is 0. The topological polar surface area (TPSA) is 70.8 Å². The lowest BCUT2D eigenvalue weighted by atomic mass is 10.1. The summed E-state index contributed by atoms with van der Waals surface area (Å²) in [6.07, 6.45) is 0.501. The molecule has 0 aliphatic carbocycles. The predicted molar refractivity (Wildman–Crippen MR) is 67.9 cm³/mol. The van der Waals surface area contributed by atoms with Crippen molar-refractivity contribution in [3.63, 3.8) is 0 Å². The van der Waals surface area contributed by atoms with E-state index in [2.05, 4.69) is 0 Å². The Labute approximate surface area is 109 Å². The number of carbonyl (C=O) groups excluding carboxylic acids is 1. The molecule has 1 atom stereocenters. The normalized spacial score (nSPS) is 18.9. The van der Waals surface area contributed by atoms with Crippen LogP contribution in [-0.4, -0.2) is 35.0 Å². The van der Waals surface area contributed by atoms with E-state index in [9.17, 15) is 9.59 Å². The van der Waals surface area contributed by atoms with E-state index in [0.29, 0.717) is 18.5 Å². The Morgan fingerprint density at radius 2 is 2.11 bits per heavy atom. The Morgan fingerprint density at radius 3 is 2.79 bits per heavy atom. The first-order chi connectivity index (χ1) is 9.15. The third-order valence-electron chi connectivity index (χ3n) is 3.46. The third-order valence-corrected chi connectivity index (χ3v) is 3.46. The number of amides is 1. The lowest BCUT2D eigenvalue weighted by molar-refractivity contribution is -0.141. The van der Waals surface area contributed by atoms with Crippen LogP contribution in [0.1, 0.15) is 17.0 Å². The van der Waals surface area contributed by atoms with E-state index < -0.39 is 11.9 Å². The number of rotatable bonds is 2. The summed E-state index contributed by atoms with van der Waals surface area (Å²) in [7, 11) is 0. The molecule has 1 aliphatic heterocycles. The Morgan fingerprint density at radius 1 is 1.32 bits per heavy atom. The number of aliphatic carboxylic acids is 1. The van der Waals surface area contributed by atoms with Gasteiger partial charge in [-0.3, -0.25) is 9.59 Å². The van der Waals surface area contributed by atoms with E-state index in [1.807, 2.05) is 18.2 Å². The molecule has 2 aromatic rings. The number of para-hydroxylation sites is 1. The van der Waals surface area contributed by atoms with Crippen LogP contribution < -0.4 is 0 Å². The predicted octanol–water partition coefficient (Wildman–Crippen LogP) is 1.98. The molecule has 19 heavy (non-hydrogen) atoms. The highest BCUT2D eigenvalue weighted by Gasteiger charge is 2.32. The monoisotopic (exact) mass is 259 g/mol. The molecule has 0 saturated carbocycles. The smallest absolute Gasteiger partial charge is 0.308 e. The van der Waals surface area contributed by atoms with E-state index in [1.165, 1.54) is 4.90 Å². The summed E-state index contributed by atoms with van der Waals surface area (Å²) in [4.78, 5) is 24.6. The average molecular weight is 259 g/mol. The molecule has 2 heterocycles. The fourth-order valence-corrected chi connectivity index (χ4v) is 2.39. The molecule has 0 spiro atoms. The van der Waals surface area contributed by atoms with Crippen LogP contribution in [0, 0.1) is 5.92 Å². The summed E-state index contributed by atoms with van der Waals surface area (Å²) in [6, 6.07) is 9.10. The molecule has 1 aromatic carbocycles. The van der Waals surface area contributed by atoms with Crippen molar-refractivity contribution in [2.24, 2.45) is 5.92 Å². The molecule has 5 heteroatoms. The van der Waals surface area contributed by atoms with Crippen LogP contribution in [-0.2, 0) is 4.79 Å². The number of furan rings is 1. The molecular formula is C14H13NO4. The third kappa shape index (κ3) is 2.07. The van der Waals surface area contributed by atoms with Crippen LogP contribution in [0.3, 0.4) is 0 Å². The van der Waals surface area contributed by atoms with Crippen LogP contribution in [0.2, 0.25) is 0 Å². The van der Waals surface area contributed by atoms with Gasteiger partial charge in [-0.15, -0.1) is 0 Å². The minimum atomic E-state index is -0.847. The van der Waals surface area contributed by atoms with Crippen LogP contribution >= 0.6 is 0 Å². The molecule has 1 amide bonds. The maximum Gasteiger partial charge on any atom is 0.308 e. The van der Waals surface area contributed by atoms with Gasteiger partial charge in [0.25, 0.3) is 5.91 Å². The van der Waals surface area contributed by atoms with Gasteiger partial charge in [-0.05, 0) is 18.6 Å². The minimum Gasteiger partial charge on any atom is -0.481 e. The van der Waals surface area contributed by atoms with Gasteiger partial charge in [0, 0.05) is 18.5 Å². The van der Waals surface area contributed by atoms with Crippen molar-refractivity contribution >= 4 is 22.8 Å². The molecule has 0 bridgehead atoms. The summed E-state index contributed by atoms with van der Waals surface area (Å²) < 4.78 is 5.50. The van der Waals surface area contributed by atoms with Gasteiger partial charge in [0.15, 0.2) is 5.76 Å². The molecule has 1 fully saturated rings. The van der Waals surface area contributed by atoms with Crippen molar-refractivity contribution < 1.29 is 19.1 Å². The molecule has 98 valence electrons. The maximum absolute atomic E-state index is 12.2. The van der Waals surface area contributed by atoms with Gasteiger partial charge >= 0.3 is 5.97 Å². The van der Waals surface area contributed by atoms with Crippen molar-refractivity contribution in [1.82, 2.24) is 4.90 Å². The van der Waals surface area contributed by atoms with Gasteiger partial charge in [0.2, 0.25) is 0 Å². The number of carboxylic acids is 1. The standard InChI is InChI=1S/C14H13NO4/c16-13(15-6-5-10(8-15)14(17)18)12-7-9-3-1-2-4-11(9)19-12/h1-4,7,10H,5-6,8H2,(H,17,18).